The minimum atomic E-state index is -0.255. The van der Waals surface area contributed by atoms with Crippen molar-refractivity contribution in [2.75, 3.05) is 0 Å². The molecule has 0 bridgehead atoms. The Labute approximate surface area is 113 Å². The number of hydrogen-bond donors (Lipinski definition) is 2. The van der Waals surface area contributed by atoms with Crippen LogP contribution in [0.4, 0.5) is 0 Å². The molecule has 1 atom stereocenters. The van der Waals surface area contributed by atoms with E-state index >= 15 is 0 Å². The summed E-state index contributed by atoms with van der Waals surface area (Å²) in [6, 6.07) is 4.25. The zero-order valence-corrected chi connectivity index (χ0v) is 12.0. The van der Waals surface area contributed by atoms with Crippen molar-refractivity contribution < 1.29 is 4.79 Å². The second-order valence-corrected chi connectivity index (χ2v) is 6.80. The fourth-order valence-electron chi connectivity index (χ4n) is 2.63. The summed E-state index contributed by atoms with van der Waals surface area (Å²) in [5.74, 6) is 0.0814. The number of carbonyl (C=O) groups excluding carboxylic acids is 1. The number of amides is 1. The highest BCUT2D eigenvalue weighted by Gasteiger charge is 2.32. The molecule has 0 saturated heterocycles. The van der Waals surface area contributed by atoms with Crippen LogP contribution in [0.5, 0.6) is 0 Å². The third-order valence-electron chi connectivity index (χ3n) is 3.68. The molecule has 3 nitrogen and oxygen atoms in total. The van der Waals surface area contributed by atoms with Crippen LogP contribution in [0.3, 0.4) is 0 Å². The molecule has 1 amide bonds. The molecule has 1 saturated carbocycles. The number of rotatable bonds is 4. The number of thiophene rings is 1. The van der Waals surface area contributed by atoms with Crippen LogP contribution in [0.2, 0.25) is 0 Å². The highest BCUT2D eigenvalue weighted by atomic mass is 32.1. The lowest BCUT2D eigenvalue weighted by Gasteiger charge is -2.23. The smallest absolute Gasteiger partial charge is 0.222 e. The van der Waals surface area contributed by atoms with Gasteiger partial charge in [-0.05, 0) is 38.8 Å². The monoisotopic (exact) mass is 266 g/mol. The number of nitrogens with two attached hydrogens (primary N) is 1. The molecule has 100 valence electrons. The molecule has 18 heavy (non-hydrogen) atoms. The lowest BCUT2D eigenvalue weighted by Crippen LogP contribution is -2.42. The van der Waals surface area contributed by atoms with Gasteiger partial charge in [-0.1, -0.05) is 12.8 Å². The number of hydrogen-bond acceptors (Lipinski definition) is 3. The molecule has 1 aromatic heterocycles. The van der Waals surface area contributed by atoms with Crippen molar-refractivity contribution >= 4 is 17.2 Å². The van der Waals surface area contributed by atoms with Crippen molar-refractivity contribution in [2.24, 2.45) is 5.73 Å². The lowest BCUT2D eigenvalue weighted by atomic mass is 9.94. The van der Waals surface area contributed by atoms with Gasteiger partial charge in [0.05, 0.1) is 6.04 Å². The molecule has 3 N–H and O–H groups in total. The maximum Gasteiger partial charge on any atom is 0.222 e. The molecule has 1 unspecified atom stereocenters. The highest BCUT2D eigenvalue weighted by Crippen LogP contribution is 2.30. The first-order chi connectivity index (χ1) is 8.48. The zero-order valence-electron chi connectivity index (χ0n) is 11.2. The highest BCUT2D eigenvalue weighted by molar-refractivity contribution is 7.12. The van der Waals surface area contributed by atoms with Gasteiger partial charge < -0.3 is 11.1 Å². The van der Waals surface area contributed by atoms with Crippen molar-refractivity contribution in [2.45, 2.75) is 57.5 Å². The SMILES string of the molecule is Cc1ccc(C(C)NC(=O)CC2(N)CCCC2)s1. The van der Waals surface area contributed by atoms with E-state index in [1.54, 1.807) is 11.3 Å². The van der Waals surface area contributed by atoms with Crippen molar-refractivity contribution in [1.29, 1.82) is 0 Å². The predicted octanol–water partition coefficient (Wildman–Crippen LogP) is 2.90. The van der Waals surface area contributed by atoms with E-state index < -0.39 is 0 Å². The Morgan fingerprint density at radius 3 is 2.72 bits per heavy atom. The summed E-state index contributed by atoms with van der Waals surface area (Å²) >= 11 is 1.73. The van der Waals surface area contributed by atoms with E-state index in [9.17, 15) is 4.79 Å². The van der Waals surface area contributed by atoms with E-state index in [1.807, 2.05) is 6.92 Å². The second kappa shape index (κ2) is 5.41. The van der Waals surface area contributed by atoms with Gasteiger partial charge in [-0.15, -0.1) is 11.3 Å². The average molecular weight is 266 g/mol. The van der Waals surface area contributed by atoms with Crippen LogP contribution in [0.1, 0.15) is 54.8 Å². The zero-order chi connectivity index (χ0) is 13.2. The lowest BCUT2D eigenvalue weighted by molar-refractivity contribution is -0.122. The molecule has 2 rings (SSSR count). The summed E-state index contributed by atoms with van der Waals surface area (Å²) in [6.45, 7) is 4.11. The fourth-order valence-corrected chi connectivity index (χ4v) is 3.51. The summed E-state index contributed by atoms with van der Waals surface area (Å²) in [4.78, 5) is 14.5. The predicted molar refractivity (Wildman–Crippen MR) is 75.6 cm³/mol. The third kappa shape index (κ3) is 3.33. The molecule has 1 aliphatic rings. The number of aryl methyl sites for hydroxylation is 1. The van der Waals surface area contributed by atoms with E-state index in [1.165, 1.54) is 9.75 Å². The van der Waals surface area contributed by atoms with Crippen molar-refractivity contribution in [1.82, 2.24) is 5.32 Å². The molecule has 0 spiro atoms. The maximum atomic E-state index is 12.0. The Bertz CT molecular complexity index is 421. The summed E-state index contributed by atoms with van der Waals surface area (Å²) in [5, 5.41) is 3.05. The van der Waals surface area contributed by atoms with Gasteiger partial charge in [0.15, 0.2) is 0 Å². The average Bonchev–Trinajstić information content (AvgIpc) is 2.87. The van der Waals surface area contributed by atoms with Gasteiger partial charge in [0, 0.05) is 21.7 Å². The summed E-state index contributed by atoms with van der Waals surface area (Å²) in [5.41, 5.74) is 5.97. The molecule has 0 aromatic carbocycles. The van der Waals surface area contributed by atoms with Crippen LogP contribution in [0.15, 0.2) is 12.1 Å². The van der Waals surface area contributed by atoms with Gasteiger partial charge in [-0.25, -0.2) is 0 Å². The largest absolute Gasteiger partial charge is 0.349 e. The molecule has 1 fully saturated rings. The topological polar surface area (TPSA) is 55.1 Å². The minimum Gasteiger partial charge on any atom is -0.349 e. The van der Waals surface area contributed by atoms with Crippen molar-refractivity contribution in [3.8, 4) is 0 Å². The minimum absolute atomic E-state index is 0.0814. The van der Waals surface area contributed by atoms with E-state index in [0.717, 1.165) is 25.7 Å². The third-order valence-corrected chi connectivity index (χ3v) is 4.86. The van der Waals surface area contributed by atoms with Crippen molar-refractivity contribution in [3.63, 3.8) is 0 Å². The van der Waals surface area contributed by atoms with Gasteiger partial charge in [0.1, 0.15) is 0 Å². The van der Waals surface area contributed by atoms with Crippen LogP contribution in [-0.2, 0) is 4.79 Å². The number of nitrogens with one attached hydrogen (secondary N) is 1. The molecular weight excluding hydrogens is 244 g/mol. The summed E-state index contributed by atoms with van der Waals surface area (Å²) < 4.78 is 0. The first kappa shape index (κ1) is 13.6. The van der Waals surface area contributed by atoms with Crippen LogP contribution in [-0.4, -0.2) is 11.4 Å². The molecule has 0 aliphatic heterocycles. The Hall–Kier alpha value is -0.870. The van der Waals surface area contributed by atoms with E-state index in [0.29, 0.717) is 6.42 Å². The van der Waals surface area contributed by atoms with E-state index in [2.05, 4.69) is 24.4 Å². The first-order valence-electron chi connectivity index (χ1n) is 6.63. The maximum absolute atomic E-state index is 12.0. The van der Waals surface area contributed by atoms with E-state index in [4.69, 9.17) is 5.73 Å². The fraction of sp³-hybridized carbons (Fsp3) is 0.643. The van der Waals surface area contributed by atoms with Gasteiger partial charge in [0.2, 0.25) is 5.91 Å². The Balaban J connectivity index is 1.87. The Morgan fingerprint density at radius 1 is 1.50 bits per heavy atom. The quantitative estimate of drug-likeness (QED) is 0.880. The van der Waals surface area contributed by atoms with Gasteiger partial charge in [-0.2, -0.15) is 0 Å². The van der Waals surface area contributed by atoms with E-state index in [-0.39, 0.29) is 17.5 Å². The van der Waals surface area contributed by atoms with Crippen LogP contribution >= 0.6 is 11.3 Å². The first-order valence-corrected chi connectivity index (χ1v) is 7.45. The normalized spacial score (nSPS) is 19.7. The van der Waals surface area contributed by atoms with Gasteiger partial charge in [-0.3, -0.25) is 4.79 Å². The molecule has 1 heterocycles. The van der Waals surface area contributed by atoms with Crippen LogP contribution in [0.25, 0.3) is 0 Å². The standard InChI is InChI=1S/C14H22N2OS/c1-10-5-6-12(18-10)11(2)16-13(17)9-14(15)7-3-4-8-14/h5-6,11H,3-4,7-9,15H2,1-2H3,(H,16,17). The van der Waals surface area contributed by atoms with Crippen LogP contribution < -0.4 is 11.1 Å². The summed E-state index contributed by atoms with van der Waals surface area (Å²) in [6.07, 6.45) is 4.73. The second-order valence-electron chi connectivity index (χ2n) is 5.48. The molecule has 1 aromatic rings. The number of carbonyl (C=O) groups is 1. The molecule has 4 heteroatoms. The Kier molecular flexibility index (Phi) is 4.07. The summed E-state index contributed by atoms with van der Waals surface area (Å²) in [7, 11) is 0. The van der Waals surface area contributed by atoms with Gasteiger partial charge in [0.25, 0.3) is 0 Å². The van der Waals surface area contributed by atoms with Crippen LogP contribution in [0, 0.1) is 6.92 Å². The van der Waals surface area contributed by atoms with Gasteiger partial charge >= 0.3 is 0 Å². The Morgan fingerprint density at radius 2 is 2.17 bits per heavy atom. The molecule has 0 radical (unpaired) electrons. The molecular formula is C14H22N2OS. The molecule has 1 aliphatic carbocycles. The van der Waals surface area contributed by atoms with Crippen molar-refractivity contribution in [3.05, 3.63) is 21.9 Å².